The maximum Gasteiger partial charge on any atom is 0.195 e. The number of ether oxygens (including phenoxy) is 2. The molecule has 0 radical (unpaired) electrons. The van der Waals surface area contributed by atoms with Crippen molar-refractivity contribution < 1.29 is 9.47 Å². The van der Waals surface area contributed by atoms with Gasteiger partial charge in [0, 0.05) is 31.8 Å². The zero-order valence-electron chi connectivity index (χ0n) is 14.5. The molecule has 2 aromatic rings. The molecule has 2 aromatic carbocycles. The van der Waals surface area contributed by atoms with Gasteiger partial charge in [0.2, 0.25) is 0 Å². The lowest BCUT2D eigenvalue weighted by Gasteiger charge is -2.14. The molecule has 0 atom stereocenters. The van der Waals surface area contributed by atoms with Crippen molar-refractivity contribution in [3.63, 3.8) is 0 Å². The maximum atomic E-state index is 8.97. The molecule has 0 bridgehead atoms. The average molecular weight is 464 g/mol. The van der Waals surface area contributed by atoms with Crippen LogP contribution in [-0.2, 0) is 6.54 Å². The van der Waals surface area contributed by atoms with Gasteiger partial charge in [-0.15, -0.1) is 24.0 Å². The van der Waals surface area contributed by atoms with E-state index < -0.39 is 0 Å². The molecule has 26 heavy (non-hydrogen) atoms. The van der Waals surface area contributed by atoms with E-state index in [0.717, 1.165) is 29.2 Å². The number of nitriles is 1. The number of aliphatic imine (C=N–C) groups is 1. The molecule has 0 aliphatic carbocycles. The number of nitrogens with zero attached hydrogens (tertiary/aromatic N) is 2. The van der Waals surface area contributed by atoms with Crippen LogP contribution in [0.5, 0.6) is 11.5 Å². The number of anilines is 1. The van der Waals surface area contributed by atoms with Crippen molar-refractivity contribution in [1.82, 2.24) is 5.32 Å². The third-order valence-electron chi connectivity index (χ3n) is 3.75. The first kappa shape index (κ1) is 19.8. The Morgan fingerprint density at radius 2 is 1.96 bits per heavy atom. The van der Waals surface area contributed by atoms with Crippen molar-refractivity contribution in [2.45, 2.75) is 13.0 Å². The predicted molar refractivity (Wildman–Crippen MR) is 112 cm³/mol. The molecular formula is C19H21IN4O2. The second-order valence-electron chi connectivity index (χ2n) is 5.57. The zero-order chi connectivity index (χ0) is 17.5. The molecule has 1 aliphatic rings. The van der Waals surface area contributed by atoms with Gasteiger partial charge in [-0.1, -0.05) is 12.1 Å². The molecule has 6 nitrogen and oxygen atoms in total. The predicted octanol–water partition coefficient (Wildman–Crippen LogP) is 3.53. The summed E-state index contributed by atoms with van der Waals surface area (Å²) in [6.45, 7) is 1.89. The topological polar surface area (TPSA) is 78.7 Å². The van der Waals surface area contributed by atoms with E-state index in [1.165, 1.54) is 0 Å². The second-order valence-corrected chi connectivity index (χ2v) is 5.57. The minimum atomic E-state index is 0. The Balaban J connectivity index is 0.00000243. The largest absolute Gasteiger partial charge is 0.490 e. The first-order chi connectivity index (χ1) is 12.3. The Kier molecular flexibility index (Phi) is 7.53. The number of benzene rings is 2. The molecule has 0 amide bonds. The van der Waals surface area contributed by atoms with Crippen LogP contribution < -0.4 is 20.1 Å². The van der Waals surface area contributed by atoms with Crippen LogP contribution in [0.1, 0.15) is 17.5 Å². The lowest BCUT2D eigenvalue weighted by Crippen LogP contribution is -2.30. The van der Waals surface area contributed by atoms with E-state index >= 15 is 0 Å². The standard InChI is InChI=1S/C19H20N4O2.HI/c1-21-19(22-13-15-5-2-4-14(10-15)12-20)23-16-6-7-17-18(11-16)25-9-3-8-24-17;/h2,4-7,10-11H,3,8-9,13H2,1H3,(H2,21,22,23);1H. The lowest BCUT2D eigenvalue weighted by atomic mass is 10.1. The molecule has 0 aromatic heterocycles. The Morgan fingerprint density at radius 1 is 1.15 bits per heavy atom. The first-order valence-electron chi connectivity index (χ1n) is 8.15. The summed E-state index contributed by atoms with van der Waals surface area (Å²) in [4.78, 5) is 4.23. The second kappa shape index (κ2) is 9.87. The SMILES string of the molecule is CN=C(NCc1cccc(C#N)c1)Nc1ccc2c(c1)OCCCO2.I. The van der Waals surface area contributed by atoms with Crippen LogP contribution in [0.2, 0.25) is 0 Å². The van der Waals surface area contributed by atoms with Crippen molar-refractivity contribution in [1.29, 1.82) is 5.26 Å². The van der Waals surface area contributed by atoms with E-state index in [1.807, 2.05) is 36.4 Å². The number of halogens is 1. The van der Waals surface area contributed by atoms with Crippen molar-refractivity contribution in [3.05, 3.63) is 53.6 Å². The summed E-state index contributed by atoms with van der Waals surface area (Å²) in [6.07, 6.45) is 0.877. The van der Waals surface area contributed by atoms with Gasteiger partial charge < -0.3 is 20.1 Å². The fourth-order valence-corrected chi connectivity index (χ4v) is 2.49. The fourth-order valence-electron chi connectivity index (χ4n) is 2.49. The molecule has 1 heterocycles. The van der Waals surface area contributed by atoms with Gasteiger partial charge in [-0.3, -0.25) is 4.99 Å². The van der Waals surface area contributed by atoms with Gasteiger partial charge in [-0.2, -0.15) is 5.26 Å². The highest BCUT2D eigenvalue weighted by atomic mass is 127. The molecule has 3 rings (SSSR count). The highest BCUT2D eigenvalue weighted by Crippen LogP contribution is 2.32. The Hall–Kier alpha value is -2.47. The third-order valence-corrected chi connectivity index (χ3v) is 3.75. The van der Waals surface area contributed by atoms with Crippen LogP contribution in [0.15, 0.2) is 47.5 Å². The molecule has 0 fully saturated rings. The van der Waals surface area contributed by atoms with Crippen LogP contribution in [-0.4, -0.2) is 26.2 Å². The summed E-state index contributed by atoms with van der Waals surface area (Å²) in [5.74, 6) is 2.14. The highest BCUT2D eigenvalue weighted by Gasteiger charge is 2.11. The fraction of sp³-hybridized carbons (Fsp3) is 0.263. The average Bonchev–Trinajstić information content (AvgIpc) is 2.90. The summed E-state index contributed by atoms with van der Waals surface area (Å²) in [5, 5.41) is 15.4. The summed E-state index contributed by atoms with van der Waals surface area (Å²) in [5.41, 5.74) is 2.52. The number of fused-ring (bicyclic) bond motifs is 1. The van der Waals surface area contributed by atoms with Gasteiger partial charge >= 0.3 is 0 Å². The van der Waals surface area contributed by atoms with Gasteiger partial charge in [-0.25, -0.2) is 0 Å². The van der Waals surface area contributed by atoms with E-state index in [1.54, 1.807) is 13.1 Å². The molecule has 0 saturated heterocycles. The minimum absolute atomic E-state index is 0. The minimum Gasteiger partial charge on any atom is -0.490 e. The Bertz CT molecular complexity index is 817. The molecule has 0 unspecified atom stereocenters. The quantitative estimate of drug-likeness (QED) is 0.413. The molecule has 0 spiro atoms. The zero-order valence-corrected chi connectivity index (χ0v) is 16.8. The summed E-state index contributed by atoms with van der Waals surface area (Å²) in [6, 6.07) is 15.4. The molecule has 1 aliphatic heterocycles. The summed E-state index contributed by atoms with van der Waals surface area (Å²) >= 11 is 0. The van der Waals surface area contributed by atoms with Gasteiger partial charge in [0.15, 0.2) is 17.5 Å². The molecule has 7 heteroatoms. The van der Waals surface area contributed by atoms with E-state index in [4.69, 9.17) is 14.7 Å². The maximum absolute atomic E-state index is 8.97. The van der Waals surface area contributed by atoms with E-state index in [9.17, 15) is 0 Å². The van der Waals surface area contributed by atoms with Crippen LogP contribution in [0.3, 0.4) is 0 Å². The van der Waals surface area contributed by atoms with Gasteiger partial charge in [0.05, 0.1) is 24.8 Å². The molecule has 2 N–H and O–H groups in total. The first-order valence-corrected chi connectivity index (χ1v) is 8.15. The van der Waals surface area contributed by atoms with Crippen LogP contribution in [0.25, 0.3) is 0 Å². The number of hydrogen-bond acceptors (Lipinski definition) is 4. The van der Waals surface area contributed by atoms with Crippen molar-refractivity contribution in [2.24, 2.45) is 4.99 Å². The molecule has 0 saturated carbocycles. The molecule has 136 valence electrons. The molecular weight excluding hydrogens is 443 g/mol. The smallest absolute Gasteiger partial charge is 0.195 e. The lowest BCUT2D eigenvalue weighted by molar-refractivity contribution is 0.297. The number of guanidine groups is 1. The third kappa shape index (κ3) is 5.26. The van der Waals surface area contributed by atoms with Crippen molar-refractivity contribution in [2.75, 3.05) is 25.6 Å². The number of hydrogen-bond donors (Lipinski definition) is 2. The van der Waals surface area contributed by atoms with Gasteiger partial charge in [-0.05, 0) is 29.8 Å². The Morgan fingerprint density at radius 3 is 2.73 bits per heavy atom. The van der Waals surface area contributed by atoms with Gasteiger partial charge in [0.25, 0.3) is 0 Å². The van der Waals surface area contributed by atoms with Crippen molar-refractivity contribution >= 4 is 35.6 Å². The highest BCUT2D eigenvalue weighted by molar-refractivity contribution is 14.0. The van der Waals surface area contributed by atoms with E-state index in [2.05, 4.69) is 21.7 Å². The Labute approximate surface area is 170 Å². The van der Waals surface area contributed by atoms with Crippen molar-refractivity contribution in [3.8, 4) is 17.6 Å². The summed E-state index contributed by atoms with van der Waals surface area (Å²) < 4.78 is 11.3. The van der Waals surface area contributed by atoms with Crippen LogP contribution in [0, 0.1) is 11.3 Å². The van der Waals surface area contributed by atoms with Gasteiger partial charge in [0.1, 0.15) is 0 Å². The normalized spacial score (nSPS) is 13.0. The number of nitrogens with one attached hydrogen (secondary N) is 2. The summed E-state index contributed by atoms with van der Waals surface area (Å²) in [7, 11) is 1.71. The van der Waals surface area contributed by atoms with Crippen LogP contribution in [0.4, 0.5) is 5.69 Å². The monoisotopic (exact) mass is 464 g/mol. The van der Waals surface area contributed by atoms with Crippen LogP contribution >= 0.6 is 24.0 Å². The van der Waals surface area contributed by atoms with E-state index in [0.29, 0.717) is 31.3 Å². The van der Waals surface area contributed by atoms with E-state index in [-0.39, 0.29) is 24.0 Å². The number of rotatable bonds is 3.